The molecule has 2 aromatic heterocycles. The van der Waals surface area contributed by atoms with Gasteiger partial charge in [-0.2, -0.15) is 31.6 Å². The number of thiophene rings is 1. The number of aromatic nitrogens is 1. The molecule has 0 fully saturated rings. The summed E-state index contributed by atoms with van der Waals surface area (Å²) in [5.41, 5.74) is -5.26. The summed E-state index contributed by atoms with van der Waals surface area (Å²) in [7, 11) is -4.07. The number of nitrogens with zero attached hydrogens (tertiary/aromatic N) is 2. The summed E-state index contributed by atoms with van der Waals surface area (Å²) in [5.74, 6) is -1.20. The van der Waals surface area contributed by atoms with Gasteiger partial charge in [-0.05, 0) is 60.0 Å². The topological polar surface area (TPSA) is 79.9 Å². The maximum absolute atomic E-state index is 14.9. The standard InChI is InChI=1S/C29H21F7N2O3S2/c1-3-16-5-6-17(23(30)9-16)15-38-24(13-22(29(34,35)36)21(14-37)27(38)39)26-8-7-25(42-26)18-10-19(28(31,32)33)12-20(11-18)43(40,41)4-2/h5-13H,3-4,15H2,1-2H3. The van der Waals surface area contributed by atoms with E-state index in [1.807, 2.05) is 0 Å². The average Bonchev–Trinajstić information content (AvgIpc) is 3.43. The van der Waals surface area contributed by atoms with Crippen LogP contribution < -0.4 is 5.56 Å². The highest BCUT2D eigenvalue weighted by Crippen LogP contribution is 2.41. The minimum Gasteiger partial charge on any atom is -0.302 e. The third kappa shape index (κ3) is 6.52. The Hall–Kier alpha value is -3.96. The summed E-state index contributed by atoms with van der Waals surface area (Å²) in [6.07, 6.45) is -9.52. The van der Waals surface area contributed by atoms with Gasteiger partial charge in [0.25, 0.3) is 5.56 Å². The summed E-state index contributed by atoms with van der Waals surface area (Å²) in [6.45, 7) is 2.50. The highest BCUT2D eigenvalue weighted by molar-refractivity contribution is 7.91. The van der Waals surface area contributed by atoms with Crippen molar-refractivity contribution < 1.29 is 39.2 Å². The second-order valence-electron chi connectivity index (χ2n) is 9.41. The fourth-order valence-corrected chi connectivity index (χ4v) is 6.30. The Kier molecular flexibility index (Phi) is 8.63. The van der Waals surface area contributed by atoms with E-state index in [9.17, 15) is 49.2 Å². The predicted octanol–water partition coefficient (Wildman–Crippen LogP) is 7.70. The normalized spacial score (nSPS) is 12.4. The van der Waals surface area contributed by atoms with Crippen LogP contribution >= 0.6 is 11.3 Å². The fourth-order valence-electron chi connectivity index (χ4n) is 4.33. The number of hydrogen-bond acceptors (Lipinski definition) is 5. The molecule has 0 unspecified atom stereocenters. The van der Waals surface area contributed by atoms with Crippen LogP contribution in [0.3, 0.4) is 0 Å². The second kappa shape index (κ2) is 11.6. The summed E-state index contributed by atoms with van der Waals surface area (Å²) in [5, 5.41) is 9.42. The molecule has 4 aromatic rings. The van der Waals surface area contributed by atoms with Crippen LogP contribution in [0, 0.1) is 17.1 Å². The van der Waals surface area contributed by atoms with Crippen LogP contribution in [-0.2, 0) is 35.2 Å². The number of nitriles is 1. The molecule has 14 heteroatoms. The number of alkyl halides is 6. The molecule has 0 saturated carbocycles. The van der Waals surface area contributed by atoms with E-state index in [0.717, 1.165) is 10.6 Å². The van der Waals surface area contributed by atoms with Gasteiger partial charge in [0, 0.05) is 10.4 Å². The lowest BCUT2D eigenvalue weighted by molar-refractivity contribution is -0.138. The zero-order chi connectivity index (χ0) is 31.9. The molecule has 4 rings (SSSR count). The summed E-state index contributed by atoms with van der Waals surface area (Å²) >= 11 is 0.696. The Labute approximate surface area is 245 Å². The number of benzene rings is 2. The van der Waals surface area contributed by atoms with Gasteiger partial charge in [-0.3, -0.25) is 4.79 Å². The second-order valence-corrected chi connectivity index (χ2v) is 12.8. The molecule has 0 aliphatic carbocycles. The molecule has 0 spiro atoms. The average molecular weight is 643 g/mol. The van der Waals surface area contributed by atoms with Gasteiger partial charge in [-0.15, -0.1) is 11.3 Å². The Morgan fingerprint density at radius 2 is 1.58 bits per heavy atom. The number of hydrogen-bond donors (Lipinski definition) is 0. The van der Waals surface area contributed by atoms with Crippen molar-refractivity contribution >= 4 is 21.2 Å². The molecule has 2 aromatic carbocycles. The molecular weight excluding hydrogens is 621 g/mol. The van der Waals surface area contributed by atoms with Gasteiger partial charge < -0.3 is 4.57 Å². The van der Waals surface area contributed by atoms with Gasteiger partial charge in [0.15, 0.2) is 9.84 Å². The van der Waals surface area contributed by atoms with Crippen LogP contribution in [0.4, 0.5) is 30.7 Å². The number of sulfone groups is 1. The van der Waals surface area contributed by atoms with E-state index in [4.69, 9.17) is 0 Å². The van der Waals surface area contributed by atoms with Crippen LogP contribution in [0.2, 0.25) is 0 Å². The van der Waals surface area contributed by atoms with Crippen LogP contribution in [0.1, 0.15) is 41.7 Å². The van der Waals surface area contributed by atoms with E-state index in [-0.39, 0.29) is 26.6 Å². The van der Waals surface area contributed by atoms with E-state index < -0.39 is 67.4 Å². The molecule has 0 amide bonds. The minimum atomic E-state index is -5.11. The Bertz CT molecular complexity index is 1920. The van der Waals surface area contributed by atoms with Crippen LogP contribution in [0.5, 0.6) is 0 Å². The molecule has 0 aliphatic rings. The van der Waals surface area contributed by atoms with Gasteiger partial charge in [-0.1, -0.05) is 26.0 Å². The fraction of sp³-hybridized carbons (Fsp3) is 0.241. The van der Waals surface area contributed by atoms with E-state index >= 15 is 0 Å². The Balaban J connectivity index is 1.96. The van der Waals surface area contributed by atoms with Crippen molar-refractivity contribution in [2.75, 3.05) is 5.75 Å². The molecule has 2 heterocycles. The zero-order valence-electron chi connectivity index (χ0n) is 22.4. The van der Waals surface area contributed by atoms with Gasteiger partial charge in [0.2, 0.25) is 0 Å². The third-order valence-electron chi connectivity index (χ3n) is 6.69. The number of halogens is 7. The molecule has 0 N–H and O–H groups in total. The summed E-state index contributed by atoms with van der Waals surface area (Å²) < 4.78 is 123. The Morgan fingerprint density at radius 3 is 2.14 bits per heavy atom. The smallest absolute Gasteiger partial charge is 0.302 e. The van der Waals surface area contributed by atoms with E-state index in [2.05, 4.69) is 0 Å². The first-order valence-electron chi connectivity index (χ1n) is 12.6. The maximum atomic E-state index is 14.9. The molecular formula is C29H21F7N2O3S2. The van der Waals surface area contributed by atoms with Crippen molar-refractivity contribution in [2.45, 2.75) is 44.1 Å². The lowest BCUT2D eigenvalue weighted by atomic mass is 10.1. The van der Waals surface area contributed by atoms with Crippen molar-refractivity contribution in [3.63, 3.8) is 0 Å². The van der Waals surface area contributed by atoms with Gasteiger partial charge >= 0.3 is 12.4 Å². The lowest BCUT2D eigenvalue weighted by Crippen LogP contribution is -2.28. The Morgan fingerprint density at radius 1 is 0.907 bits per heavy atom. The maximum Gasteiger partial charge on any atom is 0.417 e. The quantitative estimate of drug-likeness (QED) is 0.194. The first kappa shape index (κ1) is 32.0. The largest absolute Gasteiger partial charge is 0.417 e. The number of rotatable bonds is 7. The van der Waals surface area contributed by atoms with Gasteiger partial charge in [0.05, 0.1) is 38.9 Å². The zero-order valence-corrected chi connectivity index (χ0v) is 24.0. The third-order valence-corrected chi connectivity index (χ3v) is 9.56. The molecule has 0 bridgehead atoms. The number of pyridine rings is 1. The van der Waals surface area contributed by atoms with Crippen LogP contribution in [0.15, 0.2) is 64.3 Å². The highest BCUT2D eigenvalue weighted by Gasteiger charge is 2.37. The van der Waals surface area contributed by atoms with Crippen molar-refractivity contribution in [1.29, 1.82) is 5.26 Å². The van der Waals surface area contributed by atoms with Crippen molar-refractivity contribution in [3.05, 3.63) is 98.6 Å². The van der Waals surface area contributed by atoms with Crippen molar-refractivity contribution in [3.8, 4) is 27.1 Å². The van der Waals surface area contributed by atoms with E-state index in [0.29, 0.717) is 41.5 Å². The first-order chi connectivity index (χ1) is 20.0. The molecule has 0 aliphatic heterocycles. The molecule has 0 atom stereocenters. The molecule has 43 heavy (non-hydrogen) atoms. The summed E-state index contributed by atoms with van der Waals surface area (Å²) in [4.78, 5) is 12.7. The lowest BCUT2D eigenvalue weighted by Gasteiger charge is -2.17. The molecule has 5 nitrogen and oxygen atoms in total. The predicted molar refractivity (Wildman–Crippen MR) is 147 cm³/mol. The monoisotopic (exact) mass is 642 g/mol. The van der Waals surface area contributed by atoms with Crippen LogP contribution in [-0.4, -0.2) is 18.7 Å². The van der Waals surface area contributed by atoms with Crippen molar-refractivity contribution in [1.82, 2.24) is 4.57 Å². The summed E-state index contributed by atoms with van der Waals surface area (Å²) in [6, 6.07) is 10.8. The number of aryl methyl sites for hydroxylation is 1. The van der Waals surface area contributed by atoms with E-state index in [1.165, 1.54) is 37.3 Å². The van der Waals surface area contributed by atoms with Crippen LogP contribution in [0.25, 0.3) is 21.0 Å². The molecule has 226 valence electrons. The minimum absolute atomic E-state index is 0.0232. The van der Waals surface area contributed by atoms with Gasteiger partial charge in [-0.25, -0.2) is 12.8 Å². The molecule has 0 saturated heterocycles. The molecule has 0 radical (unpaired) electrons. The van der Waals surface area contributed by atoms with Crippen molar-refractivity contribution in [2.24, 2.45) is 0 Å². The SMILES string of the molecule is CCc1ccc(Cn2c(-c3ccc(-c4cc(C(F)(F)F)cc(S(=O)(=O)CC)c4)s3)cc(C(F)(F)F)c(C#N)c2=O)c(F)c1. The van der Waals surface area contributed by atoms with Gasteiger partial charge in [0.1, 0.15) is 17.4 Å². The highest BCUT2D eigenvalue weighted by atomic mass is 32.2. The van der Waals surface area contributed by atoms with E-state index in [1.54, 1.807) is 13.0 Å². The first-order valence-corrected chi connectivity index (χ1v) is 15.0.